The number of anilines is 1. The molecule has 0 atom stereocenters. The molecule has 0 saturated carbocycles. The third kappa shape index (κ3) is 6.42. The number of rotatable bonds is 7. The Bertz CT molecular complexity index is 1210. The Morgan fingerprint density at radius 3 is 2.33 bits per heavy atom. The Balaban J connectivity index is 2.20. The minimum Gasteiger partial charge on any atom is -0.299 e. The van der Waals surface area contributed by atoms with E-state index in [-0.39, 0.29) is 41.9 Å². The quantitative estimate of drug-likeness (QED) is 0.206. The van der Waals surface area contributed by atoms with E-state index in [9.17, 15) is 30.7 Å². The van der Waals surface area contributed by atoms with Crippen molar-refractivity contribution in [3.8, 4) is 0 Å². The summed E-state index contributed by atoms with van der Waals surface area (Å²) in [4.78, 5) is 9.46. The van der Waals surface area contributed by atoms with Crippen LogP contribution < -0.4 is 4.90 Å². The molecule has 3 nitrogen and oxygen atoms in total. The zero-order valence-electron chi connectivity index (χ0n) is 18.5. The lowest BCUT2D eigenvalue weighted by atomic mass is 9.98. The normalized spacial score (nSPS) is 15.2. The second-order valence-corrected chi connectivity index (χ2v) is 7.90. The highest BCUT2D eigenvalue weighted by Gasteiger charge is 2.37. The summed E-state index contributed by atoms with van der Waals surface area (Å²) >= 11 is 5.91. The highest BCUT2D eigenvalue weighted by molar-refractivity contribution is 6.18. The van der Waals surface area contributed by atoms with Gasteiger partial charge in [0.05, 0.1) is 41.6 Å². The summed E-state index contributed by atoms with van der Waals surface area (Å²) in [6, 6.07) is 2.90. The third-order valence-electron chi connectivity index (χ3n) is 5.09. The predicted molar refractivity (Wildman–Crippen MR) is 127 cm³/mol. The van der Waals surface area contributed by atoms with E-state index in [0.717, 1.165) is 6.08 Å². The van der Waals surface area contributed by atoms with Crippen LogP contribution in [0.2, 0.25) is 0 Å². The molecule has 1 aliphatic heterocycles. The van der Waals surface area contributed by atoms with Crippen LogP contribution in [-0.2, 0) is 12.4 Å². The summed E-state index contributed by atoms with van der Waals surface area (Å²) in [6.07, 6.45) is -0.743. The van der Waals surface area contributed by atoms with Gasteiger partial charge in [0.2, 0.25) is 0 Å². The summed E-state index contributed by atoms with van der Waals surface area (Å²) in [5, 5.41) is 0. The van der Waals surface area contributed by atoms with Gasteiger partial charge in [-0.3, -0.25) is 14.9 Å². The molecule has 11 heteroatoms. The van der Waals surface area contributed by atoms with Crippen molar-refractivity contribution in [2.45, 2.75) is 18.8 Å². The predicted octanol–water partition coefficient (Wildman–Crippen LogP) is 8.06. The molecule has 190 valence electrons. The standard InChI is InChI=1S/C25H19ClF7N3/c1-2-3-20(27)12-16(4-7-26)21-5-8-34-14-23(21)36-15-35-9-6-22(36)17-10-18(24(28,29)30)13-19(11-17)25(31,32)33/h2-3,5-6,8,10-15H,1,4,7,9H2/b16-12+,20-3+. The molecule has 0 radical (unpaired) electrons. The first-order valence-corrected chi connectivity index (χ1v) is 11.0. The van der Waals surface area contributed by atoms with Gasteiger partial charge < -0.3 is 0 Å². The number of aliphatic imine (C=N–C) groups is 1. The molecule has 0 saturated heterocycles. The molecule has 0 bridgehead atoms. The summed E-state index contributed by atoms with van der Waals surface area (Å²) < 4.78 is 95.0. The largest absolute Gasteiger partial charge is 0.416 e. The van der Waals surface area contributed by atoms with E-state index in [0.29, 0.717) is 23.3 Å². The van der Waals surface area contributed by atoms with Gasteiger partial charge >= 0.3 is 12.4 Å². The molecule has 0 spiro atoms. The fourth-order valence-corrected chi connectivity index (χ4v) is 3.75. The second-order valence-electron chi connectivity index (χ2n) is 7.52. The summed E-state index contributed by atoms with van der Waals surface area (Å²) in [5.74, 6) is -0.502. The average Bonchev–Trinajstić information content (AvgIpc) is 2.82. The zero-order valence-corrected chi connectivity index (χ0v) is 19.3. The molecule has 2 heterocycles. The Kier molecular flexibility index (Phi) is 8.39. The van der Waals surface area contributed by atoms with Crippen molar-refractivity contribution in [3.63, 3.8) is 0 Å². The van der Waals surface area contributed by atoms with E-state index >= 15 is 0 Å². The van der Waals surface area contributed by atoms with Crippen LogP contribution in [0.5, 0.6) is 0 Å². The fraction of sp³-hybridized carbons (Fsp3) is 0.200. The molecule has 2 aromatic rings. The molecule has 0 N–H and O–H groups in total. The molecule has 3 rings (SSSR count). The monoisotopic (exact) mass is 529 g/mol. The Hall–Kier alpha value is -3.40. The number of nitrogens with zero attached hydrogens (tertiary/aromatic N) is 3. The zero-order chi connectivity index (χ0) is 26.5. The van der Waals surface area contributed by atoms with E-state index in [2.05, 4.69) is 16.6 Å². The van der Waals surface area contributed by atoms with Gasteiger partial charge in [0, 0.05) is 17.6 Å². The minimum atomic E-state index is -5.01. The van der Waals surface area contributed by atoms with Gasteiger partial charge in [0.25, 0.3) is 0 Å². The Labute approximate surface area is 207 Å². The van der Waals surface area contributed by atoms with Crippen LogP contribution in [0.3, 0.4) is 0 Å². The fourth-order valence-electron chi connectivity index (χ4n) is 3.54. The lowest BCUT2D eigenvalue weighted by molar-refractivity contribution is -0.143. The summed E-state index contributed by atoms with van der Waals surface area (Å²) in [7, 11) is 0. The van der Waals surface area contributed by atoms with Gasteiger partial charge in [-0.25, -0.2) is 4.39 Å². The van der Waals surface area contributed by atoms with Crippen molar-refractivity contribution in [2.75, 3.05) is 17.3 Å². The molecule has 1 aliphatic rings. The number of alkyl halides is 7. The van der Waals surface area contributed by atoms with E-state index in [4.69, 9.17) is 11.6 Å². The highest BCUT2D eigenvalue weighted by atomic mass is 35.5. The maximum atomic E-state index is 14.3. The van der Waals surface area contributed by atoms with Crippen molar-refractivity contribution in [1.82, 2.24) is 4.98 Å². The van der Waals surface area contributed by atoms with Crippen molar-refractivity contribution in [3.05, 3.63) is 95.6 Å². The van der Waals surface area contributed by atoms with E-state index in [1.165, 1.54) is 41.9 Å². The number of aromatic nitrogens is 1. The summed E-state index contributed by atoms with van der Waals surface area (Å²) in [6.45, 7) is 3.46. The van der Waals surface area contributed by atoms with E-state index in [1.807, 2.05) is 0 Å². The van der Waals surface area contributed by atoms with E-state index < -0.39 is 29.3 Å². The Morgan fingerprint density at radius 1 is 1.08 bits per heavy atom. The van der Waals surface area contributed by atoms with Crippen LogP contribution in [0.4, 0.5) is 36.4 Å². The molecular formula is C25H19ClF7N3. The van der Waals surface area contributed by atoms with Gasteiger partial charge in [-0.05, 0) is 60.1 Å². The molecule has 1 aromatic carbocycles. The second kappa shape index (κ2) is 11.1. The third-order valence-corrected chi connectivity index (χ3v) is 5.28. The van der Waals surface area contributed by atoms with Gasteiger partial charge in [-0.2, -0.15) is 26.3 Å². The van der Waals surface area contributed by atoms with E-state index in [1.54, 1.807) is 6.07 Å². The number of hydrogen-bond donors (Lipinski definition) is 0. The SMILES string of the molecule is C=C/C=C(F)\C=C(/CCCl)c1ccncc1N1C=NCC=C1c1cc(C(F)(F)F)cc(C(F)(F)F)c1. The van der Waals surface area contributed by atoms with Crippen LogP contribution in [0, 0.1) is 0 Å². The number of benzene rings is 1. The molecule has 0 aliphatic carbocycles. The van der Waals surface area contributed by atoms with Crippen molar-refractivity contribution in [2.24, 2.45) is 4.99 Å². The van der Waals surface area contributed by atoms with Crippen LogP contribution in [0.25, 0.3) is 11.3 Å². The first-order valence-electron chi connectivity index (χ1n) is 10.4. The van der Waals surface area contributed by atoms with Crippen molar-refractivity contribution < 1.29 is 30.7 Å². The number of allylic oxidation sites excluding steroid dienone is 5. The van der Waals surface area contributed by atoms with Gasteiger partial charge in [-0.15, -0.1) is 11.6 Å². The maximum Gasteiger partial charge on any atom is 0.416 e. The molecule has 1 aromatic heterocycles. The summed E-state index contributed by atoms with van der Waals surface area (Å²) in [5.41, 5.74) is -2.07. The number of hydrogen-bond acceptors (Lipinski definition) is 3. The molecular weight excluding hydrogens is 511 g/mol. The number of pyridine rings is 1. The first-order chi connectivity index (χ1) is 17.0. The smallest absolute Gasteiger partial charge is 0.299 e. The topological polar surface area (TPSA) is 28.5 Å². The van der Waals surface area contributed by atoms with Crippen molar-refractivity contribution >= 4 is 34.9 Å². The Morgan fingerprint density at radius 2 is 1.75 bits per heavy atom. The van der Waals surface area contributed by atoms with Gasteiger partial charge in [0.1, 0.15) is 5.83 Å². The first kappa shape index (κ1) is 27.2. The minimum absolute atomic E-state index is 0.0279. The number of halogens is 8. The van der Waals surface area contributed by atoms with Crippen LogP contribution >= 0.6 is 11.6 Å². The lowest BCUT2D eigenvalue weighted by Gasteiger charge is -2.29. The molecule has 36 heavy (non-hydrogen) atoms. The lowest BCUT2D eigenvalue weighted by Crippen LogP contribution is -2.25. The van der Waals surface area contributed by atoms with Crippen LogP contribution in [0.1, 0.15) is 28.7 Å². The molecule has 0 amide bonds. The molecule has 0 unspecified atom stereocenters. The van der Waals surface area contributed by atoms with Crippen LogP contribution in [-0.4, -0.2) is 23.7 Å². The van der Waals surface area contributed by atoms with Gasteiger partial charge in [0.15, 0.2) is 0 Å². The maximum absolute atomic E-state index is 14.3. The average molecular weight is 530 g/mol. The highest BCUT2D eigenvalue weighted by Crippen LogP contribution is 2.40. The van der Waals surface area contributed by atoms with Crippen molar-refractivity contribution in [1.29, 1.82) is 0 Å². The van der Waals surface area contributed by atoms with Gasteiger partial charge in [-0.1, -0.05) is 12.7 Å². The molecule has 0 fully saturated rings. The van der Waals surface area contributed by atoms with Crippen LogP contribution in [0.15, 0.2) is 78.4 Å².